The van der Waals surface area contributed by atoms with Gasteiger partial charge in [0.2, 0.25) is 0 Å². The van der Waals surface area contributed by atoms with Gasteiger partial charge in [-0.1, -0.05) is 0 Å². The standard InChI is InChI=1S/C11H16N4O/c1-7-14-10-3-2-8(4-11(10)15-7)13-6-9(16)5-12/h2-4,9,13,16H,5-6,12H2,1H3,(H,14,15). The second-order valence-electron chi connectivity index (χ2n) is 3.82. The van der Waals surface area contributed by atoms with Crippen molar-refractivity contribution in [3.8, 4) is 0 Å². The van der Waals surface area contributed by atoms with Crippen molar-refractivity contribution in [3.63, 3.8) is 0 Å². The molecule has 0 aliphatic heterocycles. The van der Waals surface area contributed by atoms with Crippen LogP contribution in [0.5, 0.6) is 0 Å². The molecule has 5 N–H and O–H groups in total. The molecule has 2 rings (SSSR count). The van der Waals surface area contributed by atoms with Crippen molar-refractivity contribution in [2.24, 2.45) is 5.73 Å². The molecule has 1 atom stereocenters. The van der Waals surface area contributed by atoms with Crippen LogP contribution in [-0.2, 0) is 0 Å². The maximum atomic E-state index is 9.33. The Kier molecular flexibility index (Phi) is 3.07. The van der Waals surface area contributed by atoms with Gasteiger partial charge >= 0.3 is 0 Å². The van der Waals surface area contributed by atoms with Gasteiger partial charge in [0.15, 0.2) is 0 Å². The first-order valence-electron chi connectivity index (χ1n) is 5.27. The minimum Gasteiger partial charge on any atom is -0.390 e. The van der Waals surface area contributed by atoms with Crippen LogP contribution in [0.25, 0.3) is 11.0 Å². The molecule has 1 heterocycles. The summed E-state index contributed by atoms with van der Waals surface area (Å²) in [4.78, 5) is 7.48. The van der Waals surface area contributed by atoms with E-state index in [-0.39, 0.29) is 6.54 Å². The second-order valence-corrected chi connectivity index (χ2v) is 3.82. The summed E-state index contributed by atoms with van der Waals surface area (Å²) in [7, 11) is 0. The molecule has 0 aliphatic carbocycles. The van der Waals surface area contributed by atoms with Crippen molar-refractivity contribution < 1.29 is 5.11 Å². The number of benzene rings is 1. The van der Waals surface area contributed by atoms with Crippen LogP contribution in [0.1, 0.15) is 5.82 Å². The predicted octanol–water partition coefficient (Wildman–Crippen LogP) is 0.603. The predicted molar refractivity (Wildman–Crippen MR) is 64.4 cm³/mol. The molecule has 0 radical (unpaired) electrons. The number of H-pyrrole nitrogens is 1. The molecular weight excluding hydrogens is 204 g/mol. The van der Waals surface area contributed by atoms with Crippen molar-refractivity contribution in [2.45, 2.75) is 13.0 Å². The summed E-state index contributed by atoms with van der Waals surface area (Å²) in [6.45, 7) is 2.64. The number of imidazole rings is 1. The quantitative estimate of drug-likeness (QED) is 0.608. The summed E-state index contributed by atoms with van der Waals surface area (Å²) >= 11 is 0. The molecule has 0 saturated heterocycles. The van der Waals surface area contributed by atoms with E-state index < -0.39 is 6.10 Å². The fourth-order valence-electron chi connectivity index (χ4n) is 1.57. The molecule has 0 amide bonds. The van der Waals surface area contributed by atoms with E-state index in [1.54, 1.807) is 0 Å². The van der Waals surface area contributed by atoms with E-state index in [2.05, 4.69) is 15.3 Å². The molecule has 1 aromatic heterocycles. The third-order valence-corrected chi connectivity index (χ3v) is 2.41. The number of nitrogens with one attached hydrogen (secondary N) is 2. The third kappa shape index (κ3) is 2.32. The van der Waals surface area contributed by atoms with Gasteiger partial charge in [-0.05, 0) is 25.1 Å². The van der Waals surface area contributed by atoms with Gasteiger partial charge in [0, 0.05) is 18.8 Å². The Labute approximate surface area is 93.7 Å². The first-order valence-corrected chi connectivity index (χ1v) is 5.27. The van der Waals surface area contributed by atoms with Crippen molar-refractivity contribution in [2.75, 3.05) is 18.4 Å². The maximum absolute atomic E-state index is 9.33. The number of nitrogens with zero attached hydrogens (tertiary/aromatic N) is 1. The van der Waals surface area contributed by atoms with Gasteiger partial charge in [0.05, 0.1) is 17.1 Å². The molecule has 0 aliphatic rings. The van der Waals surface area contributed by atoms with Crippen molar-refractivity contribution >= 4 is 16.7 Å². The molecule has 0 fully saturated rings. The second kappa shape index (κ2) is 4.51. The number of aliphatic hydroxyl groups is 1. The number of aliphatic hydroxyl groups excluding tert-OH is 1. The van der Waals surface area contributed by atoms with Crippen molar-refractivity contribution in [3.05, 3.63) is 24.0 Å². The Morgan fingerprint density at radius 1 is 1.56 bits per heavy atom. The van der Waals surface area contributed by atoms with Crippen LogP contribution in [0, 0.1) is 6.92 Å². The molecule has 0 bridgehead atoms. The molecule has 86 valence electrons. The molecular formula is C11H16N4O. The fourth-order valence-corrected chi connectivity index (χ4v) is 1.57. The SMILES string of the molecule is Cc1nc2ccc(NCC(O)CN)cc2[nH]1. The molecule has 0 saturated carbocycles. The van der Waals surface area contributed by atoms with Gasteiger partial charge in [0.25, 0.3) is 0 Å². The van der Waals surface area contributed by atoms with E-state index >= 15 is 0 Å². The van der Waals surface area contributed by atoms with Gasteiger partial charge in [0.1, 0.15) is 5.82 Å². The summed E-state index contributed by atoms with van der Waals surface area (Å²) in [5.41, 5.74) is 8.21. The van der Waals surface area contributed by atoms with E-state index in [4.69, 9.17) is 5.73 Å². The minimum absolute atomic E-state index is 0.262. The average Bonchev–Trinajstić information content (AvgIpc) is 2.65. The molecule has 0 spiro atoms. The Balaban J connectivity index is 2.13. The van der Waals surface area contributed by atoms with Crippen molar-refractivity contribution in [1.82, 2.24) is 9.97 Å². The Morgan fingerprint density at radius 2 is 2.38 bits per heavy atom. The number of rotatable bonds is 4. The van der Waals surface area contributed by atoms with E-state index in [1.807, 2.05) is 25.1 Å². The number of fused-ring (bicyclic) bond motifs is 1. The van der Waals surface area contributed by atoms with Gasteiger partial charge in [-0.3, -0.25) is 0 Å². The van der Waals surface area contributed by atoms with Crippen LogP contribution in [0.3, 0.4) is 0 Å². The Bertz CT molecular complexity index is 480. The highest BCUT2D eigenvalue weighted by atomic mass is 16.3. The van der Waals surface area contributed by atoms with Crippen molar-refractivity contribution in [1.29, 1.82) is 0 Å². The lowest BCUT2D eigenvalue weighted by Crippen LogP contribution is -2.27. The number of nitrogens with two attached hydrogens (primary N) is 1. The van der Waals surface area contributed by atoms with Crippen LogP contribution < -0.4 is 11.1 Å². The van der Waals surface area contributed by atoms with E-state index in [0.717, 1.165) is 22.5 Å². The van der Waals surface area contributed by atoms with Gasteiger partial charge < -0.3 is 21.1 Å². The van der Waals surface area contributed by atoms with Gasteiger partial charge in [-0.2, -0.15) is 0 Å². The number of anilines is 1. The molecule has 5 heteroatoms. The first kappa shape index (κ1) is 10.9. The topological polar surface area (TPSA) is 87.0 Å². The first-order chi connectivity index (χ1) is 7.69. The summed E-state index contributed by atoms with van der Waals surface area (Å²) in [5.74, 6) is 0.897. The Hall–Kier alpha value is -1.59. The van der Waals surface area contributed by atoms with E-state index in [9.17, 15) is 5.11 Å². The zero-order valence-corrected chi connectivity index (χ0v) is 9.20. The number of aromatic amines is 1. The average molecular weight is 220 g/mol. The lowest BCUT2D eigenvalue weighted by atomic mass is 10.2. The molecule has 1 unspecified atom stereocenters. The van der Waals surface area contributed by atoms with Crippen LogP contribution in [0.2, 0.25) is 0 Å². The number of aryl methyl sites for hydroxylation is 1. The Morgan fingerprint density at radius 3 is 3.12 bits per heavy atom. The normalized spacial score (nSPS) is 12.9. The zero-order valence-electron chi connectivity index (χ0n) is 9.20. The summed E-state index contributed by atoms with van der Waals surface area (Å²) in [6.07, 6.45) is -0.515. The lowest BCUT2D eigenvalue weighted by Gasteiger charge is -2.10. The van der Waals surface area contributed by atoms with E-state index in [0.29, 0.717) is 6.54 Å². The van der Waals surface area contributed by atoms with E-state index in [1.165, 1.54) is 0 Å². The highest BCUT2D eigenvalue weighted by Gasteiger charge is 2.03. The summed E-state index contributed by atoms with van der Waals surface area (Å²) in [5, 5.41) is 12.4. The molecule has 5 nitrogen and oxygen atoms in total. The highest BCUT2D eigenvalue weighted by molar-refractivity contribution is 5.79. The van der Waals surface area contributed by atoms with Crippen LogP contribution in [0.15, 0.2) is 18.2 Å². The number of aromatic nitrogens is 2. The van der Waals surface area contributed by atoms with Crippen LogP contribution in [-0.4, -0.2) is 34.3 Å². The molecule has 1 aromatic carbocycles. The van der Waals surface area contributed by atoms with Crippen LogP contribution >= 0.6 is 0 Å². The van der Waals surface area contributed by atoms with Gasteiger partial charge in [-0.25, -0.2) is 4.98 Å². The molecule has 16 heavy (non-hydrogen) atoms. The zero-order chi connectivity index (χ0) is 11.5. The number of hydrogen-bond donors (Lipinski definition) is 4. The molecule has 2 aromatic rings. The minimum atomic E-state index is -0.515. The smallest absolute Gasteiger partial charge is 0.104 e. The monoisotopic (exact) mass is 220 g/mol. The fraction of sp³-hybridized carbons (Fsp3) is 0.364. The van der Waals surface area contributed by atoms with Gasteiger partial charge in [-0.15, -0.1) is 0 Å². The summed E-state index contributed by atoms with van der Waals surface area (Å²) in [6, 6.07) is 5.85. The summed E-state index contributed by atoms with van der Waals surface area (Å²) < 4.78 is 0. The lowest BCUT2D eigenvalue weighted by molar-refractivity contribution is 0.196. The highest BCUT2D eigenvalue weighted by Crippen LogP contribution is 2.16. The number of hydrogen-bond acceptors (Lipinski definition) is 4. The third-order valence-electron chi connectivity index (χ3n) is 2.41. The van der Waals surface area contributed by atoms with Crippen LogP contribution in [0.4, 0.5) is 5.69 Å². The largest absolute Gasteiger partial charge is 0.390 e. The maximum Gasteiger partial charge on any atom is 0.104 e.